The SMILES string of the molecule is CC[C@@H]1[C@H]2C[C@H]3[C@@H]4N(C)c5ccccc5[C@@]45C[C@@H]([C@@H]2[C@@H]5O)[N@+]3(CC(=O)O[C@@H]2CC[C@]3(C=O)[C@H]4CC[C@]5(C)[C@H](C6=CC(=O)OC6)CC[C@]5(O)[C@@H]4CC[C@]3(O)C2)[C@@H]1O. The van der Waals surface area contributed by atoms with Crippen LogP contribution in [0.2, 0.25) is 0 Å². The van der Waals surface area contributed by atoms with Gasteiger partial charge >= 0.3 is 11.9 Å². The van der Waals surface area contributed by atoms with Gasteiger partial charge in [-0.05, 0) is 98.7 Å². The monoisotopic (exact) mass is 771 g/mol. The first kappa shape index (κ1) is 36.3. The van der Waals surface area contributed by atoms with Gasteiger partial charge in [0, 0.05) is 55.3 Å². The number of hydrogen-bond donors (Lipinski definition) is 4. The second-order valence-corrected chi connectivity index (χ2v) is 20.6. The van der Waals surface area contributed by atoms with Crippen molar-refractivity contribution in [1.29, 1.82) is 0 Å². The number of hydrogen-bond acceptors (Lipinski definition) is 10. The molecule has 4 N–H and O–H groups in total. The molecule has 0 radical (unpaired) electrons. The average Bonchev–Trinajstić information content (AvgIpc) is 3.86. The zero-order chi connectivity index (χ0) is 38.9. The third-order valence-corrected chi connectivity index (χ3v) is 19.6. The number of fused-ring (bicyclic) bond motifs is 7. The van der Waals surface area contributed by atoms with Crippen LogP contribution in [-0.4, -0.2) is 111 Å². The van der Waals surface area contributed by atoms with Crippen molar-refractivity contribution >= 4 is 23.9 Å². The summed E-state index contributed by atoms with van der Waals surface area (Å²) in [5, 5.41) is 50.1. The summed E-state index contributed by atoms with van der Waals surface area (Å²) < 4.78 is 11.9. The smallest absolute Gasteiger partial charge is 0.362 e. The molecule has 18 atom stereocenters. The molecule has 4 saturated heterocycles. The van der Waals surface area contributed by atoms with Crippen molar-refractivity contribution in [3.8, 4) is 0 Å². The van der Waals surface area contributed by atoms with Crippen molar-refractivity contribution in [2.45, 2.75) is 144 Å². The van der Waals surface area contributed by atoms with Gasteiger partial charge in [0.2, 0.25) is 0 Å². The number of carbonyl (C=O) groups excluding carboxylic acids is 3. The van der Waals surface area contributed by atoms with Gasteiger partial charge < -0.3 is 39.6 Å². The Balaban J connectivity index is 0.854. The molecule has 0 amide bonds. The van der Waals surface area contributed by atoms with Gasteiger partial charge in [-0.15, -0.1) is 0 Å². The third-order valence-electron chi connectivity index (χ3n) is 19.6. The standard InChI is InChI=1S/C45H59N2O9/c1-4-26-27-18-33-38-44(31-7-5-6-8-32(31)46(38)3)20-34(37(27)39(44)51)47(33,40(26)52)21-36(50)56-25-9-14-42(23-48)29-10-13-41(2)28(24-17-35(49)55-22-24)12-16-45(41,54)30(29)11-15-43(42,53)19-25/h5-8,17,23,25-30,33-34,37-40,51-54H,4,9-16,18-22H2,1-3H3/q+1/t25-,26-,27-,28+,29+,30-,33+,34+,37-,38+,39+,40-,41-,42+,43+,44+,45+,47-/m1/s1. The Hall–Kier alpha value is -2.83. The summed E-state index contributed by atoms with van der Waals surface area (Å²) in [5.74, 6) is -0.852. The number of rotatable bonds is 6. The quantitative estimate of drug-likeness (QED) is 0.192. The Kier molecular flexibility index (Phi) is 7.42. The first-order valence-corrected chi connectivity index (χ1v) is 21.8. The van der Waals surface area contributed by atoms with E-state index in [-0.39, 0.29) is 89.6 Å². The highest BCUT2D eigenvalue weighted by atomic mass is 16.5. The number of benzene rings is 1. The minimum Gasteiger partial charge on any atom is -0.458 e. The average molecular weight is 772 g/mol. The van der Waals surface area contributed by atoms with E-state index in [9.17, 15) is 34.8 Å². The highest BCUT2D eigenvalue weighted by Crippen LogP contribution is 2.73. The Morgan fingerprint density at radius 3 is 2.57 bits per heavy atom. The Bertz CT molecular complexity index is 1940. The molecule has 9 fully saturated rings. The first-order valence-electron chi connectivity index (χ1n) is 21.8. The molecule has 302 valence electrons. The number of quaternary nitrogens is 1. The van der Waals surface area contributed by atoms with Crippen LogP contribution in [0.4, 0.5) is 5.69 Å². The van der Waals surface area contributed by atoms with Crippen molar-refractivity contribution in [3.63, 3.8) is 0 Å². The highest BCUT2D eigenvalue weighted by molar-refractivity contribution is 5.85. The van der Waals surface area contributed by atoms with Crippen molar-refractivity contribution in [1.82, 2.24) is 0 Å². The predicted molar refractivity (Wildman–Crippen MR) is 202 cm³/mol. The van der Waals surface area contributed by atoms with E-state index in [0.717, 1.165) is 43.2 Å². The number of para-hydroxylation sites is 1. The molecule has 11 aliphatic rings. The molecule has 6 heterocycles. The maximum atomic E-state index is 14.5. The number of ether oxygens (including phenoxy) is 2. The summed E-state index contributed by atoms with van der Waals surface area (Å²) in [5.41, 5.74) is -1.04. The van der Waals surface area contributed by atoms with Gasteiger partial charge in [0.1, 0.15) is 25.0 Å². The zero-order valence-corrected chi connectivity index (χ0v) is 33.0. The number of nitrogens with zero attached hydrogens (tertiary/aromatic N) is 2. The lowest BCUT2D eigenvalue weighted by Gasteiger charge is -2.67. The van der Waals surface area contributed by atoms with E-state index in [1.165, 1.54) is 5.56 Å². The summed E-state index contributed by atoms with van der Waals surface area (Å²) in [6, 6.07) is 8.28. The molecule has 6 aliphatic heterocycles. The number of esters is 2. The minimum atomic E-state index is -1.37. The number of aliphatic hydroxyl groups is 4. The zero-order valence-electron chi connectivity index (χ0n) is 33.0. The number of anilines is 1. The van der Waals surface area contributed by atoms with E-state index in [2.05, 4.69) is 44.0 Å². The van der Waals surface area contributed by atoms with Gasteiger partial charge in [0.15, 0.2) is 12.8 Å². The predicted octanol–water partition coefficient (Wildman–Crippen LogP) is 3.53. The normalized spacial score (nSPS) is 54.1. The van der Waals surface area contributed by atoms with Gasteiger partial charge in [-0.2, -0.15) is 0 Å². The number of aldehydes is 1. The second kappa shape index (κ2) is 11.5. The number of carbonyl (C=O) groups is 3. The number of aliphatic hydroxyl groups excluding tert-OH is 2. The van der Waals surface area contributed by atoms with Crippen LogP contribution >= 0.6 is 0 Å². The van der Waals surface area contributed by atoms with Gasteiger partial charge in [0.05, 0.1) is 40.2 Å². The van der Waals surface area contributed by atoms with Crippen LogP contribution in [0.15, 0.2) is 35.9 Å². The molecule has 5 aliphatic carbocycles. The van der Waals surface area contributed by atoms with E-state index >= 15 is 0 Å². The maximum Gasteiger partial charge on any atom is 0.362 e. The van der Waals surface area contributed by atoms with Crippen LogP contribution < -0.4 is 4.90 Å². The molecule has 12 rings (SSSR count). The van der Waals surface area contributed by atoms with Crippen molar-refractivity contribution in [3.05, 3.63) is 41.5 Å². The van der Waals surface area contributed by atoms with Crippen LogP contribution in [-0.2, 0) is 29.3 Å². The van der Waals surface area contributed by atoms with Crippen LogP contribution in [0.3, 0.4) is 0 Å². The summed E-state index contributed by atoms with van der Waals surface area (Å²) in [6.45, 7) is 4.56. The molecule has 1 aromatic carbocycles. The molecule has 5 saturated carbocycles. The van der Waals surface area contributed by atoms with Gasteiger partial charge in [-0.3, -0.25) is 4.48 Å². The van der Waals surface area contributed by atoms with E-state index in [0.29, 0.717) is 44.9 Å². The molecule has 56 heavy (non-hydrogen) atoms. The lowest BCUT2D eigenvalue weighted by molar-refractivity contribution is -1.03. The van der Waals surface area contributed by atoms with Crippen LogP contribution in [0, 0.1) is 46.3 Å². The molecule has 0 unspecified atom stereocenters. The Morgan fingerprint density at radius 1 is 1.04 bits per heavy atom. The van der Waals surface area contributed by atoms with E-state index in [1.54, 1.807) is 6.08 Å². The third kappa shape index (κ3) is 3.92. The number of piperidine rings is 4. The second-order valence-electron chi connectivity index (χ2n) is 20.6. The van der Waals surface area contributed by atoms with Crippen LogP contribution in [0.1, 0.15) is 96.5 Å². The minimum absolute atomic E-state index is 0.0104. The molecular weight excluding hydrogens is 713 g/mol. The molecule has 5 bridgehead atoms. The Labute approximate surface area is 329 Å². The lowest BCUT2D eigenvalue weighted by Crippen LogP contribution is -2.83. The lowest BCUT2D eigenvalue weighted by atomic mass is 9.41. The van der Waals surface area contributed by atoms with Crippen molar-refractivity contribution < 1.29 is 48.8 Å². The van der Waals surface area contributed by atoms with Gasteiger partial charge in [0.25, 0.3) is 0 Å². The molecule has 11 heteroatoms. The van der Waals surface area contributed by atoms with E-state index in [1.807, 2.05) is 6.07 Å². The molecule has 1 spiro atoms. The van der Waals surface area contributed by atoms with Crippen molar-refractivity contribution in [2.75, 3.05) is 25.1 Å². The van der Waals surface area contributed by atoms with E-state index < -0.39 is 45.9 Å². The summed E-state index contributed by atoms with van der Waals surface area (Å²) in [7, 11) is 2.11. The topological polar surface area (TPSA) is 154 Å². The fraction of sp³-hybridized carbons (Fsp3) is 0.756. The van der Waals surface area contributed by atoms with Crippen molar-refractivity contribution in [2.24, 2.45) is 46.3 Å². The number of likely N-dealkylation sites (N-methyl/N-ethyl adjacent to an activating group) is 1. The largest absolute Gasteiger partial charge is 0.458 e. The maximum absolute atomic E-state index is 14.5. The fourth-order valence-electron chi connectivity index (χ4n) is 17.6. The van der Waals surface area contributed by atoms with E-state index in [4.69, 9.17) is 9.47 Å². The molecule has 11 nitrogen and oxygen atoms in total. The van der Waals surface area contributed by atoms with Gasteiger partial charge in [-0.25, -0.2) is 9.59 Å². The summed E-state index contributed by atoms with van der Waals surface area (Å²) in [4.78, 5) is 42.3. The molecule has 0 aromatic heterocycles. The first-order chi connectivity index (χ1) is 26.7. The fourth-order valence-corrected chi connectivity index (χ4v) is 17.6. The summed E-state index contributed by atoms with van der Waals surface area (Å²) in [6.07, 6.45) is 7.72. The highest BCUT2D eigenvalue weighted by Gasteiger charge is 2.83. The van der Waals surface area contributed by atoms with Crippen LogP contribution in [0.25, 0.3) is 0 Å². The van der Waals surface area contributed by atoms with Crippen LogP contribution in [0.5, 0.6) is 0 Å². The molecule has 1 aromatic rings. The summed E-state index contributed by atoms with van der Waals surface area (Å²) >= 11 is 0. The Morgan fingerprint density at radius 2 is 1.82 bits per heavy atom. The number of cyclic esters (lactones) is 1. The molecular formula is C45H59N2O9+. The van der Waals surface area contributed by atoms with Gasteiger partial charge in [-0.1, -0.05) is 32.0 Å².